The Balaban J connectivity index is 1.73. The first-order valence-electron chi connectivity index (χ1n) is 9.87. The van der Waals surface area contributed by atoms with E-state index in [1.807, 2.05) is 0 Å². The molecule has 32 heavy (non-hydrogen) atoms. The number of phenols is 2. The van der Waals surface area contributed by atoms with Crippen molar-refractivity contribution in [2.24, 2.45) is 0 Å². The third kappa shape index (κ3) is 4.79. The van der Waals surface area contributed by atoms with Gasteiger partial charge in [0.15, 0.2) is 11.7 Å². The number of rotatable bonds is 7. The monoisotopic (exact) mass is 454 g/mol. The Hall–Kier alpha value is -2.51. The molecule has 1 aliphatic rings. The molecule has 2 aromatic rings. The van der Waals surface area contributed by atoms with Gasteiger partial charge in [-0.05, 0) is 13.3 Å². The predicted octanol–water partition coefficient (Wildman–Crippen LogP) is -0.998. The van der Waals surface area contributed by atoms with Crippen LogP contribution in [0, 0.1) is 0 Å². The summed E-state index contributed by atoms with van der Waals surface area (Å²) >= 11 is 0. The Bertz CT molecular complexity index is 1040. The normalized spacial score (nSPS) is 26.6. The van der Waals surface area contributed by atoms with Crippen molar-refractivity contribution in [2.75, 3.05) is 13.2 Å². The Morgan fingerprint density at radius 1 is 1.12 bits per heavy atom. The van der Waals surface area contributed by atoms with Crippen LogP contribution in [0.5, 0.6) is 11.5 Å². The van der Waals surface area contributed by atoms with Gasteiger partial charge in [-0.15, -0.1) is 0 Å². The zero-order valence-electron chi connectivity index (χ0n) is 17.2. The molecular formula is C21H26O11. The lowest BCUT2D eigenvalue weighted by Gasteiger charge is -2.39. The van der Waals surface area contributed by atoms with E-state index in [2.05, 4.69) is 0 Å². The van der Waals surface area contributed by atoms with Gasteiger partial charge in [0.25, 0.3) is 0 Å². The van der Waals surface area contributed by atoms with E-state index in [9.17, 15) is 35.4 Å². The lowest BCUT2D eigenvalue weighted by atomic mass is 9.99. The molecule has 0 aliphatic carbocycles. The van der Waals surface area contributed by atoms with E-state index in [1.54, 1.807) is 13.0 Å². The minimum absolute atomic E-state index is 0.00451. The minimum Gasteiger partial charge on any atom is -0.507 e. The number of aromatic hydroxyl groups is 2. The predicted molar refractivity (Wildman–Crippen MR) is 109 cm³/mol. The van der Waals surface area contributed by atoms with Gasteiger partial charge in [-0.1, -0.05) is 11.6 Å². The van der Waals surface area contributed by atoms with Crippen LogP contribution in [-0.4, -0.2) is 79.7 Å². The molecule has 176 valence electrons. The van der Waals surface area contributed by atoms with Gasteiger partial charge in [-0.2, -0.15) is 0 Å². The zero-order chi connectivity index (χ0) is 23.6. The van der Waals surface area contributed by atoms with Crippen LogP contribution >= 0.6 is 0 Å². The number of allylic oxidation sites excluding steroid dienone is 1. The summed E-state index contributed by atoms with van der Waals surface area (Å²) in [5.41, 5.74) is 0.0462. The van der Waals surface area contributed by atoms with Crippen molar-refractivity contribution in [3.05, 3.63) is 45.3 Å². The van der Waals surface area contributed by atoms with Crippen molar-refractivity contribution in [3.8, 4) is 11.5 Å². The highest BCUT2D eigenvalue weighted by atomic mass is 16.7. The van der Waals surface area contributed by atoms with Gasteiger partial charge < -0.3 is 49.6 Å². The second-order valence-corrected chi connectivity index (χ2v) is 7.59. The summed E-state index contributed by atoms with van der Waals surface area (Å²) < 4.78 is 16.0. The maximum Gasteiger partial charge on any atom is 0.196 e. The summed E-state index contributed by atoms with van der Waals surface area (Å²) in [6, 6.07) is 2.23. The van der Waals surface area contributed by atoms with E-state index in [1.165, 1.54) is 6.07 Å². The van der Waals surface area contributed by atoms with E-state index in [0.29, 0.717) is 5.57 Å². The molecule has 11 heteroatoms. The Labute approximate surface area is 182 Å². The van der Waals surface area contributed by atoms with Crippen molar-refractivity contribution in [1.82, 2.24) is 0 Å². The summed E-state index contributed by atoms with van der Waals surface area (Å²) in [6.07, 6.45) is -5.32. The highest BCUT2D eigenvalue weighted by molar-refractivity contribution is 5.86. The average molecular weight is 454 g/mol. The number of phenolic OH excluding ortho intramolecular Hbond substituents is 2. The maximum absolute atomic E-state index is 12.2. The van der Waals surface area contributed by atoms with Crippen LogP contribution in [-0.2, 0) is 22.5 Å². The molecule has 0 spiro atoms. The van der Waals surface area contributed by atoms with Gasteiger partial charge in [0.05, 0.1) is 13.2 Å². The Morgan fingerprint density at radius 3 is 2.50 bits per heavy atom. The molecule has 5 atom stereocenters. The molecule has 0 bridgehead atoms. The van der Waals surface area contributed by atoms with E-state index in [0.717, 1.165) is 6.07 Å². The van der Waals surface area contributed by atoms with E-state index >= 15 is 0 Å². The second kappa shape index (κ2) is 9.96. The minimum atomic E-state index is -1.56. The first-order chi connectivity index (χ1) is 15.2. The van der Waals surface area contributed by atoms with Crippen LogP contribution in [0.2, 0.25) is 0 Å². The number of ether oxygens (including phenoxy) is 2. The van der Waals surface area contributed by atoms with Crippen LogP contribution in [0.1, 0.15) is 18.2 Å². The molecule has 1 aliphatic heterocycles. The molecule has 1 saturated heterocycles. The van der Waals surface area contributed by atoms with Crippen LogP contribution in [0.25, 0.3) is 11.0 Å². The van der Waals surface area contributed by atoms with Crippen LogP contribution in [0.15, 0.2) is 33.0 Å². The van der Waals surface area contributed by atoms with Gasteiger partial charge in [0.2, 0.25) is 0 Å². The third-order valence-electron chi connectivity index (χ3n) is 5.26. The van der Waals surface area contributed by atoms with Crippen molar-refractivity contribution < 1.29 is 49.6 Å². The average Bonchev–Trinajstić information content (AvgIpc) is 2.76. The zero-order valence-corrected chi connectivity index (χ0v) is 17.2. The van der Waals surface area contributed by atoms with Gasteiger partial charge in [-0.25, -0.2) is 0 Å². The van der Waals surface area contributed by atoms with Crippen LogP contribution < -0.4 is 5.43 Å². The lowest BCUT2D eigenvalue weighted by molar-refractivity contribution is -0.299. The number of benzene rings is 1. The molecule has 2 heterocycles. The van der Waals surface area contributed by atoms with Gasteiger partial charge in [-0.3, -0.25) is 4.79 Å². The molecule has 1 aromatic carbocycles. The fraction of sp³-hybridized carbons (Fsp3) is 0.476. The van der Waals surface area contributed by atoms with Gasteiger partial charge >= 0.3 is 0 Å². The topological polar surface area (TPSA) is 190 Å². The van der Waals surface area contributed by atoms with Gasteiger partial charge in [0.1, 0.15) is 59.3 Å². The third-order valence-corrected chi connectivity index (χ3v) is 5.26. The van der Waals surface area contributed by atoms with Gasteiger partial charge in [0, 0.05) is 17.7 Å². The SMILES string of the molecule is CC(=CCc1c(O)cc2oc(CO)cc(=O)c2c1O)CO[C@@H]1O[C@H](CO)[C@@H](O)[C@H](O)[C@H]1O. The highest BCUT2D eigenvalue weighted by Crippen LogP contribution is 2.35. The van der Waals surface area contributed by atoms with E-state index in [4.69, 9.17) is 19.0 Å². The summed E-state index contributed by atoms with van der Waals surface area (Å²) in [6.45, 7) is 0.513. The maximum atomic E-state index is 12.2. The van der Waals surface area contributed by atoms with Crippen molar-refractivity contribution >= 4 is 11.0 Å². The van der Waals surface area contributed by atoms with Crippen molar-refractivity contribution in [1.29, 1.82) is 0 Å². The number of hydrogen-bond donors (Lipinski definition) is 7. The fourth-order valence-electron chi connectivity index (χ4n) is 3.41. The molecule has 0 saturated carbocycles. The van der Waals surface area contributed by atoms with Crippen LogP contribution in [0.4, 0.5) is 0 Å². The fourth-order valence-corrected chi connectivity index (χ4v) is 3.41. The second-order valence-electron chi connectivity index (χ2n) is 7.59. The molecule has 1 fully saturated rings. The molecule has 0 unspecified atom stereocenters. The molecule has 7 N–H and O–H groups in total. The molecule has 0 amide bonds. The van der Waals surface area contributed by atoms with E-state index < -0.39 is 55.1 Å². The number of fused-ring (bicyclic) bond motifs is 1. The smallest absolute Gasteiger partial charge is 0.196 e. The number of aliphatic hydroxyl groups excluding tert-OH is 5. The molecule has 1 aromatic heterocycles. The highest BCUT2D eigenvalue weighted by Gasteiger charge is 2.43. The quantitative estimate of drug-likeness (QED) is 0.254. The Morgan fingerprint density at radius 2 is 1.84 bits per heavy atom. The molecule has 3 rings (SSSR count). The van der Waals surface area contributed by atoms with Crippen molar-refractivity contribution in [2.45, 2.75) is 50.7 Å². The Kier molecular flexibility index (Phi) is 7.51. The summed E-state index contributed by atoms with van der Waals surface area (Å²) in [5.74, 6) is -0.764. The largest absolute Gasteiger partial charge is 0.507 e. The summed E-state index contributed by atoms with van der Waals surface area (Å²) in [7, 11) is 0. The van der Waals surface area contributed by atoms with Crippen molar-refractivity contribution in [3.63, 3.8) is 0 Å². The lowest BCUT2D eigenvalue weighted by Crippen LogP contribution is -2.59. The van der Waals surface area contributed by atoms with E-state index in [-0.39, 0.29) is 41.1 Å². The molecule has 0 radical (unpaired) electrons. The number of aliphatic hydroxyl groups is 5. The number of hydrogen-bond acceptors (Lipinski definition) is 11. The first-order valence-corrected chi connectivity index (χ1v) is 9.87. The summed E-state index contributed by atoms with van der Waals surface area (Å²) in [5, 5.41) is 68.6. The standard InChI is InChI=1S/C21H26O11/c1-9(8-30-21-20(29)19(28)18(27)15(7-23)32-21)2-3-11-12(24)5-14-16(17(11)26)13(25)4-10(6-22)31-14/h2,4-5,15,18-24,26-29H,3,6-8H2,1H3/t15-,18-,19+,20-,21-/m1/s1. The molecule has 11 nitrogen and oxygen atoms in total. The summed E-state index contributed by atoms with van der Waals surface area (Å²) in [4.78, 5) is 12.2. The molecular weight excluding hydrogens is 428 g/mol. The first kappa shape index (κ1) is 24.1. The van der Waals surface area contributed by atoms with Crippen LogP contribution in [0.3, 0.4) is 0 Å².